The van der Waals surface area contributed by atoms with Crippen LogP contribution in [-0.4, -0.2) is 15.1 Å². The first-order valence-electron chi connectivity index (χ1n) is 6.41. The maximum atomic E-state index is 10.3. The zero-order chi connectivity index (χ0) is 13.8. The van der Waals surface area contributed by atoms with Crippen molar-refractivity contribution in [2.75, 3.05) is 0 Å². The van der Waals surface area contributed by atoms with Crippen molar-refractivity contribution in [1.82, 2.24) is 9.97 Å². The lowest BCUT2D eigenvalue weighted by molar-refractivity contribution is 0.182. The van der Waals surface area contributed by atoms with E-state index >= 15 is 0 Å². The lowest BCUT2D eigenvalue weighted by Crippen LogP contribution is -1.99. The molecule has 2 heterocycles. The van der Waals surface area contributed by atoms with Gasteiger partial charge in [0.25, 0.3) is 0 Å². The largest absolute Gasteiger partial charge is 0.387 e. The SMILES string of the molecule is OC(Cc1ccncc1)c1cnc(-c2ccccc2)s1. The van der Waals surface area contributed by atoms with Gasteiger partial charge in [-0.15, -0.1) is 11.3 Å². The van der Waals surface area contributed by atoms with E-state index in [1.807, 2.05) is 42.5 Å². The van der Waals surface area contributed by atoms with Gasteiger partial charge in [-0.1, -0.05) is 30.3 Å². The molecule has 1 unspecified atom stereocenters. The molecule has 0 aliphatic carbocycles. The van der Waals surface area contributed by atoms with Gasteiger partial charge in [-0.2, -0.15) is 0 Å². The van der Waals surface area contributed by atoms with Crippen LogP contribution in [0.15, 0.2) is 61.1 Å². The summed E-state index contributed by atoms with van der Waals surface area (Å²) >= 11 is 1.54. The molecule has 3 rings (SSSR count). The molecule has 0 saturated heterocycles. The Kier molecular flexibility index (Phi) is 3.85. The number of pyridine rings is 1. The van der Waals surface area contributed by atoms with Crippen LogP contribution in [0.3, 0.4) is 0 Å². The summed E-state index contributed by atoms with van der Waals surface area (Å²) in [5.41, 5.74) is 2.15. The van der Waals surface area contributed by atoms with Gasteiger partial charge in [0, 0.05) is 30.6 Å². The zero-order valence-electron chi connectivity index (χ0n) is 10.8. The monoisotopic (exact) mass is 282 g/mol. The number of benzene rings is 1. The summed E-state index contributed by atoms with van der Waals surface area (Å²) in [6, 6.07) is 13.9. The van der Waals surface area contributed by atoms with E-state index in [-0.39, 0.29) is 0 Å². The van der Waals surface area contributed by atoms with Crippen molar-refractivity contribution in [2.45, 2.75) is 12.5 Å². The number of nitrogens with zero attached hydrogens (tertiary/aromatic N) is 2. The van der Waals surface area contributed by atoms with Crippen molar-refractivity contribution >= 4 is 11.3 Å². The molecule has 100 valence electrons. The third kappa shape index (κ3) is 2.92. The summed E-state index contributed by atoms with van der Waals surface area (Å²) < 4.78 is 0. The molecule has 0 spiro atoms. The molecule has 0 aliphatic heterocycles. The number of thiazole rings is 1. The Labute approximate surface area is 121 Å². The van der Waals surface area contributed by atoms with E-state index in [0.29, 0.717) is 6.42 Å². The number of hydrogen-bond acceptors (Lipinski definition) is 4. The van der Waals surface area contributed by atoms with Crippen LogP contribution in [0.5, 0.6) is 0 Å². The first-order chi connectivity index (χ1) is 9.83. The molecule has 0 aliphatic rings. The lowest BCUT2D eigenvalue weighted by atomic mass is 10.1. The number of aliphatic hydroxyl groups excluding tert-OH is 1. The van der Waals surface area contributed by atoms with Crippen LogP contribution >= 0.6 is 11.3 Å². The van der Waals surface area contributed by atoms with Gasteiger partial charge < -0.3 is 5.11 Å². The third-order valence-corrected chi connectivity index (χ3v) is 4.20. The highest BCUT2D eigenvalue weighted by molar-refractivity contribution is 7.15. The fourth-order valence-electron chi connectivity index (χ4n) is 2.00. The van der Waals surface area contributed by atoms with Crippen molar-refractivity contribution in [1.29, 1.82) is 0 Å². The quantitative estimate of drug-likeness (QED) is 0.797. The van der Waals surface area contributed by atoms with Crippen molar-refractivity contribution in [3.05, 3.63) is 71.5 Å². The van der Waals surface area contributed by atoms with Crippen LogP contribution < -0.4 is 0 Å². The molecule has 0 saturated carbocycles. The Morgan fingerprint density at radius 3 is 2.55 bits per heavy atom. The van der Waals surface area contributed by atoms with Crippen molar-refractivity contribution < 1.29 is 5.11 Å². The smallest absolute Gasteiger partial charge is 0.123 e. The molecule has 4 heteroatoms. The molecule has 3 nitrogen and oxygen atoms in total. The molecule has 0 bridgehead atoms. The molecule has 0 amide bonds. The van der Waals surface area contributed by atoms with Gasteiger partial charge >= 0.3 is 0 Å². The van der Waals surface area contributed by atoms with E-state index in [2.05, 4.69) is 9.97 Å². The van der Waals surface area contributed by atoms with E-state index < -0.39 is 6.10 Å². The predicted octanol–water partition coefficient (Wildman–Crippen LogP) is 3.48. The fourth-order valence-corrected chi connectivity index (χ4v) is 2.90. The number of hydrogen-bond donors (Lipinski definition) is 1. The highest BCUT2D eigenvalue weighted by Gasteiger charge is 2.13. The van der Waals surface area contributed by atoms with E-state index in [0.717, 1.165) is 21.0 Å². The van der Waals surface area contributed by atoms with Gasteiger partial charge in [-0.3, -0.25) is 4.98 Å². The zero-order valence-corrected chi connectivity index (χ0v) is 11.6. The molecule has 1 aromatic carbocycles. The molecule has 20 heavy (non-hydrogen) atoms. The minimum atomic E-state index is -0.521. The lowest BCUT2D eigenvalue weighted by Gasteiger charge is -2.07. The van der Waals surface area contributed by atoms with Gasteiger partial charge in [0.2, 0.25) is 0 Å². The van der Waals surface area contributed by atoms with Crippen molar-refractivity contribution in [3.63, 3.8) is 0 Å². The van der Waals surface area contributed by atoms with Crippen LogP contribution in [0.1, 0.15) is 16.5 Å². The summed E-state index contributed by atoms with van der Waals surface area (Å²) in [5, 5.41) is 11.2. The summed E-state index contributed by atoms with van der Waals surface area (Å²) in [6.07, 6.45) is 5.30. The average molecular weight is 282 g/mol. The average Bonchev–Trinajstić information content (AvgIpc) is 2.99. The first kappa shape index (κ1) is 13.0. The van der Waals surface area contributed by atoms with E-state index in [9.17, 15) is 5.11 Å². The van der Waals surface area contributed by atoms with Crippen molar-refractivity contribution in [3.8, 4) is 10.6 Å². The molecule has 1 N–H and O–H groups in total. The first-order valence-corrected chi connectivity index (χ1v) is 7.22. The Bertz CT molecular complexity index is 667. The van der Waals surface area contributed by atoms with Gasteiger partial charge in [-0.25, -0.2) is 4.98 Å². The second-order valence-electron chi connectivity index (χ2n) is 4.51. The van der Waals surface area contributed by atoms with Crippen LogP contribution in [0.2, 0.25) is 0 Å². The van der Waals surface area contributed by atoms with Crippen LogP contribution in [0.4, 0.5) is 0 Å². The Hall–Kier alpha value is -2.04. The van der Waals surface area contributed by atoms with E-state index in [4.69, 9.17) is 0 Å². The molecular weight excluding hydrogens is 268 g/mol. The maximum absolute atomic E-state index is 10.3. The standard InChI is InChI=1S/C16H14N2OS/c19-14(10-12-6-8-17-9-7-12)15-11-18-16(20-15)13-4-2-1-3-5-13/h1-9,11,14,19H,10H2. The summed E-state index contributed by atoms with van der Waals surface area (Å²) in [5.74, 6) is 0. The summed E-state index contributed by atoms with van der Waals surface area (Å²) in [7, 11) is 0. The number of aliphatic hydroxyl groups is 1. The molecular formula is C16H14N2OS. The molecule has 3 aromatic rings. The third-order valence-electron chi connectivity index (χ3n) is 3.05. The molecule has 0 fully saturated rings. The minimum absolute atomic E-state index is 0.521. The molecule has 0 radical (unpaired) electrons. The van der Waals surface area contributed by atoms with Gasteiger partial charge in [0.1, 0.15) is 5.01 Å². The number of aromatic nitrogens is 2. The van der Waals surface area contributed by atoms with Gasteiger partial charge in [0.15, 0.2) is 0 Å². The normalized spacial score (nSPS) is 12.2. The van der Waals surface area contributed by atoms with Crippen LogP contribution in [0, 0.1) is 0 Å². The highest BCUT2D eigenvalue weighted by atomic mass is 32.1. The second-order valence-corrected chi connectivity index (χ2v) is 5.57. The Morgan fingerprint density at radius 1 is 1.05 bits per heavy atom. The second kappa shape index (κ2) is 5.94. The maximum Gasteiger partial charge on any atom is 0.123 e. The topological polar surface area (TPSA) is 46.0 Å². The van der Waals surface area contributed by atoms with Crippen molar-refractivity contribution in [2.24, 2.45) is 0 Å². The van der Waals surface area contributed by atoms with Gasteiger partial charge in [0.05, 0.1) is 11.0 Å². The molecule has 2 aromatic heterocycles. The van der Waals surface area contributed by atoms with Crippen LogP contribution in [-0.2, 0) is 6.42 Å². The van der Waals surface area contributed by atoms with Gasteiger partial charge in [-0.05, 0) is 17.7 Å². The van der Waals surface area contributed by atoms with Crippen LogP contribution in [0.25, 0.3) is 10.6 Å². The Morgan fingerprint density at radius 2 is 1.80 bits per heavy atom. The van der Waals surface area contributed by atoms with E-state index in [1.165, 1.54) is 11.3 Å². The fraction of sp³-hybridized carbons (Fsp3) is 0.125. The Balaban J connectivity index is 1.77. The predicted molar refractivity (Wildman–Crippen MR) is 80.5 cm³/mol. The molecule has 1 atom stereocenters. The van der Waals surface area contributed by atoms with E-state index in [1.54, 1.807) is 18.6 Å². The summed E-state index contributed by atoms with van der Waals surface area (Å²) in [4.78, 5) is 9.26. The minimum Gasteiger partial charge on any atom is -0.387 e. The summed E-state index contributed by atoms with van der Waals surface area (Å²) in [6.45, 7) is 0. The highest BCUT2D eigenvalue weighted by Crippen LogP contribution is 2.29. The number of rotatable bonds is 4.